The van der Waals surface area contributed by atoms with Crippen molar-refractivity contribution in [2.45, 2.75) is 52.8 Å². The summed E-state index contributed by atoms with van der Waals surface area (Å²) in [5.41, 5.74) is 10.6. The normalized spacial score (nSPS) is 14.1. The fourth-order valence-electron chi connectivity index (χ4n) is 3.68. The first-order valence-corrected chi connectivity index (χ1v) is 9.73. The highest BCUT2D eigenvalue weighted by Gasteiger charge is 2.25. The number of fused-ring (bicyclic) bond motifs is 2. The molecule has 2 aromatic heterocycles. The summed E-state index contributed by atoms with van der Waals surface area (Å²) in [6, 6.07) is 6.35. The van der Waals surface area contributed by atoms with Crippen LogP contribution in [0.25, 0.3) is 11.0 Å². The van der Waals surface area contributed by atoms with E-state index in [-0.39, 0.29) is 6.09 Å². The SMILES string of the molecule is Cc1nn(Cc2ccc3c(c2)CCN(C(=O)OC(C)(C)C)C3)c2ncnc(N)c12. The van der Waals surface area contributed by atoms with E-state index in [1.807, 2.05) is 32.4 Å². The third-order valence-electron chi connectivity index (χ3n) is 5.00. The predicted molar refractivity (Wildman–Crippen MR) is 110 cm³/mol. The number of hydrogen-bond acceptors (Lipinski definition) is 6. The number of anilines is 1. The van der Waals surface area contributed by atoms with E-state index in [1.54, 1.807) is 4.90 Å². The highest BCUT2D eigenvalue weighted by molar-refractivity contribution is 5.87. The molecular weight excluding hydrogens is 368 g/mol. The average molecular weight is 394 g/mol. The fraction of sp³-hybridized carbons (Fsp3) is 0.429. The van der Waals surface area contributed by atoms with Crippen molar-refractivity contribution < 1.29 is 9.53 Å². The summed E-state index contributed by atoms with van der Waals surface area (Å²) in [6.45, 7) is 9.38. The minimum absolute atomic E-state index is 0.261. The molecule has 1 aliphatic heterocycles. The maximum atomic E-state index is 12.4. The number of aromatic nitrogens is 4. The largest absolute Gasteiger partial charge is 0.444 e. The van der Waals surface area contributed by atoms with Crippen LogP contribution in [0.3, 0.4) is 0 Å². The number of nitrogens with zero attached hydrogens (tertiary/aromatic N) is 5. The van der Waals surface area contributed by atoms with E-state index in [4.69, 9.17) is 10.5 Å². The van der Waals surface area contributed by atoms with Crippen LogP contribution in [0.4, 0.5) is 10.6 Å². The number of nitrogens with two attached hydrogens (primary N) is 1. The Bertz CT molecular complexity index is 1080. The molecule has 1 amide bonds. The lowest BCUT2D eigenvalue weighted by Crippen LogP contribution is -2.39. The zero-order valence-electron chi connectivity index (χ0n) is 17.3. The molecule has 1 aromatic carbocycles. The number of carbonyl (C=O) groups is 1. The third-order valence-corrected chi connectivity index (χ3v) is 5.00. The maximum Gasteiger partial charge on any atom is 0.410 e. The molecule has 3 heterocycles. The average Bonchev–Trinajstić information content (AvgIpc) is 2.96. The van der Waals surface area contributed by atoms with Gasteiger partial charge in [-0.05, 0) is 50.8 Å². The first-order valence-electron chi connectivity index (χ1n) is 9.73. The molecule has 8 heteroatoms. The molecule has 0 bridgehead atoms. The summed E-state index contributed by atoms with van der Waals surface area (Å²) in [5.74, 6) is 0.450. The van der Waals surface area contributed by atoms with Gasteiger partial charge in [0, 0.05) is 13.1 Å². The molecule has 0 aliphatic carbocycles. The van der Waals surface area contributed by atoms with Crippen LogP contribution in [0, 0.1) is 6.92 Å². The number of benzene rings is 1. The van der Waals surface area contributed by atoms with E-state index in [0.717, 1.165) is 34.3 Å². The first-order chi connectivity index (χ1) is 13.7. The number of amides is 1. The summed E-state index contributed by atoms with van der Waals surface area (Å²) in [6.07, 6.45) is 2.01. The molecule has 2 N–H and O–H groups in total. The van der Waals surface area contributed by atoms with Gasteiger partial charge in [-0.15, -0.1) is 0 Å². The number of aryl methyl sites for hydroxylation is 1. The van der Waals surface area contributed by atoms with Gasteiger partial charge in [0.1, 0.15) is 17.7 Å². The lowest BCUT2D eigenvalue weighted by molar-refractivity contribution is 0.0224. The maximum absolute atomic E-state index is 12.4. The van der Waals surface area contributed by atoms with Crippen molar-refractivity contribution >= 4 is 22.9 Å². The molecule has 29 heavy (non-hydrogen) atoms. The lowest BCUT2D eigenvalue weighted by atomic mass is 9.97. The Kier molecular flexibility index (Phi) is 4.64. The van der Waals surface area contributed by atoms with Crippen molar-refractivity contribution in [3.8, 4) is 0 Å². The molecule has 0 unspecified atom stereocenters. The molecule has 1 aliphatic rings. The van der Waals surface area contributed by atoms with Gasteiger partial charge in [0.2, 0.25) is 0 Å². The van der Waals surface area contributed by atoms with Crippen molar-refractivity contribution in [2.75, 3.05) is 12.3 Å². The molecule has 0 fully saturated rings. The topological polar surface area (TPSA) is 99.2 Å². The summed E-state index contributed by atoms with van der Waals surface area (Å²) < 4.78 is 7.36. The number of hydrogen-bond donors (Lipinski definition) is 1. The molecular formula is C21H26N6O2. The molecule has 0 spiro atoms. The summed E-state index contributed by atoms with van der Waals surface area (Å²) >= 11 is 0. The molecule has 0 saturated carbocycles. The molecule has 3 aromatic rings. The van der Waals surface area contributed by atoms with E-state index in [1.165, 1.54) is 11.9 Å². The Morgan fingerprint density at radius 2 is 2.03 bits per heavy atom. The minimum atomic E-state index is -0.487. The van der Waals surface area contributed by atoms with Crippen LogP contribution >= 0.6 is 0 Å². The van der Waals surface area contributed by atoms with E-state index in [0.29, 0.717) is 25.5 Å². The predicted octanol–water partition coefficient (Wildman–Crippen LogP) is 3.06. The van der Waals surface area contributed by atoms with Crippen LogP contribution in [-0.2, 0) is 24.2 Å². The zero-order valence-corrected chi connectivity index (χ0v) is 17.3. The second-order valence-corrected chi connectivity index (χ2v) is 8.46. The van der Waals surface area contributed by atoms with Crippen molar-refractivity contribution in [2.24, 2.45) is 0 Å². The molecule has 0 radical (unpaired) electrons. The van der Waals surface area contributed by atoms with Gasteiger partial charge in [-0.2, -0.15) is 5.10 Å². The van der Waals surface area contributed by atoms with Crippen LogP contribution in [0.1, 0.15) is 43.2 Å². The Morgan fingerprint density at radius 1 is 1.24 bits per heavy atom. The lowest BCUT2D eigenvalue weighted by Gasteiger charge is -2.31. The minimum Gasteiger partial charge on any atom is -0.444 e. The smallest absolute Gasteiger partial charge is 0.410 e. The monoisotopic (exact) mass is 394 g/mol. The summed E-state index contributed by atoms with van der Waals surface area (Å²) in [7, 11) is 0. The molecule has 8 nitrogen and oxygen atoms in total. The van der Waals surface area contributed by atoms with Crippen molar-refractivity contribution in [1.29, 1.82) is 0 Å². The van der Waals surface area contributed by atoms with Crippen molar-refractivity contribution in [3.05, 3.63) is 46.9 Å². The Labute approximate surface area is 169 Å². The fourth-order valence-corrected chi connectivity index (χ4v) is 3.68. The Balaban J connectivity index is 1.54. The van der Waals surface area contributed by atoms with Gasteiger partial charge < -0.3 is 15.4 Å². The van der Waals surface area contributed by atoms with E-state index < -0.39 is 5.60 Å². The number of rotatable bonds is 2. The van der Waals surface area contributed by atoms with Crippen LogP contribution in [0.15, 0.2) is 24.5 Å². The van der Waals surface area contributed by atoms with Crippen LogP contribution in [0.5, 0.6) is 0 Å². The van der Waals surface area contributed by atoms with Gasteiger partial charge in [0.15, 0.2) is 5.65 Å². The molecule has 152 valence electrons. The third kappa shape index (κ3) is 3.87. The number of nitrogen functional groups attached to an aromatic ring is 1. The van der Waals surface area contributed by atoms with Gasteiger partial charge in [0.05, 0.1) is 17.6 Å². The second-order valence-electron chi connectivity index (χ2n) is 8.46. The molecule has 0 saturated heterocycles. The van der Waals surface area contributed by atoms with Crippen LogP contribution < -0.4 is 5.73 Å². The Hall–Kier alpha value is -3.16. The number of ether oxygens (including phenoxy) is 1. The van der Waals surface area contributed by atoms with E-state index in [9.17, 15) is 4.79 Å². The van der Waals surface area contributed by atoms with Gasteiger partial charge in [0.25, 0.3) is 0 Å². The van der Waals surface area contributed by atoms with Gasteiger partial charge in [-0.25, -0.2) is 19.4 Å². The zero-order chi connectivity index (χ0) is 20.8. The standard InChI is InChI=1S/C21H26N6O2/c1-13-17-18(22)23-12-24-19(17)27(25-13)10-14-5-6-16-11-26(8-7-15(16)9-14)20(28)29-21(2,3)4/h5-6,9,12H,7-8,10-11H2,1-4H3,(H2,22,23,24). The highest BCUT2D eigenvalue weighted by Crippen LogP contribution is 2.24. The van der Waals surface area contributed by atoms with Crippen LogP contribution in [0.2, 0.25) is 0 Å². The van der Waals surface area contributed by atoms with E-state index >= 15 is 0 Å². The quantitative estimate of drug-likeness (QED) is 0.717. The van der Waals surface area contributed by atoms with Gasteiger partial charge >= 0.3 is 6.09 Å². The van der Waals surface area contributed by atoms with Crippen molar-refractivity contribution in [1.82, 2.24) is 24.6 Å². The Morgan fingerprint density at radius 3 is 2.79 bits per heavy atom. The van der Waals surface area contributed by atoms with Gasteiger partial charge in [-0.3, -0.25) is 0 Å². The molecule has 0 atom stereocenters. The van der Waals surface area contributed by atoms with E-state index in [2.05, 4.69) is 33.3 Å². The second kappa shape index (κ2) is 7.02. The number of carbonyl (C=O) groups excluding carboxylic acids is 1. The summed E-state index contributed by atoms with van der Waals surface area (Å²) in [5, 5.41) is 5.40. The highest BCUT2D eigenvalue weighted by atomic mass is 16.6. The van der Waals surface area contributed by atoms with Crippen LogP contribution in [-0.4, -0.2) is 42.9 Å². The first kappa shape index (κ1) is 19.2. The summed E-state index contributed by atoms with van der Waals surface area (Å²) in [4.78, 5) is 22.5. The van der Waals surface area contributed by atoms with Crippen molar-refractivity contribution in [3.63, 3.8) is 0 Å². The molecule has 4 rings (SSSR count). The van der Waals surface area contributed by atoms with Gasteiger partial charge in [-0.1, -0.05) is 18.2 Å².